The van der Waals surface area contributed by atoms with Crippen molar-refractivity contribution < 1.29 is 13.6 Å². The molecule has 21 heavy (non-hydrogen) atoms. The van der Waals surface area contributed by atoms with Gasteiger partial charge >= 0.3 is 0 Å². The lowest BCUT2D eigenvalue weighted by molar-refractivity contribution is 0.0948. The van der Waals surface area contributed by atoms with Gasteiger partial charge in [-0.05, 0) is 44.5 Å². The number of carbonyl (C=O) groups is 1. The summed E-state index contributed by atoms with van der Waals surface area (Å²) in [4.78, 5) is 11.8. The largest absolute Gasteiger partial charge is 0.352 e. The van der Waals surface area contributed by atoms with Crippen LogP contribution in [0, 0.1) is 25.5 Å². The van der Waals surface area contributed by atoms with Crippen LogP contribution in [0.5, 0.6) is 0 Å². The van der Waals surface area contributed by atoms with Crippen molar-refractivity contribution in [3.05, 3.63) is 52.9 Å². The SMILES string of the molecule is Cc1cc(C)n(CCCNC(=O)c2cc(F)ccc2F)n1. The van der Waals surface area contributed by atoms with E-state index in [-0.39, 0.29) is 5.56 Å². The summed E-state index contributed by atoms with van der Waals surface area (Å²) in [5.41, 5.74) is 1.72. The Hall–Kier alpha value is -2.24. The number of aromatic nitrogens is 2. The molecular formula is C15H17F2N3O. The lowest BCUT2D eigenvalue weighted by atomic mass is 10.2. The minimum absolute atomic E-state index is 0.277. The number of aryl methyl sites for hydroxylation is 3. The first kappa shape index (κ1) is 15.2. The van der Waals surface area contributed by atoms with Gasteiger partial charge in [-0.2, -0.15) is 5.10 Å². The number of amides is 1. The quantitative estimate of drug-likeness (QED) is 0.861. The molecule has 0 atom stereocenters. The van der Waals surface area contributed by atoms with Gasteiger partial charge < -0.3 is 5.32 Å². The molecule has 0 radical (unpaired) electrons. The predicted molar refractivity (Wildman–Crippen MR) is 75.0 cm³/mol. The number of hydrogen-bond acceptors (Lipinski definition) is 2. The highest BCUT2D eigenvalue weighted by Gasteiger charge is 2.12. The topological polar surface area (TPSA) is 46.9 Å². The molecule has 2 rings (SSSR count). The summed E-state index contributed by atoms with van der Waals surface area (Å²) in [5, 5.41) is 6.88. The summed E-state index contributed by atoms with van der Waals surface area (Å²) in [6.07, 6.45) is 0.657. The predicted octanol–water partition coefficient (Wildman–Crippen LogP) is 2.60. The fraction of sp³-hybridized carbons (Fsp3) is 0.333. The highest BCUT2D eigenvalue weighted by atomic mass is 19.1. The molecule has 1 aromatic heterocycles. The average Bonchev–Trinajstić information content (AvgIpc) is 2.75. The van der Waals surface area contributed by atoms with E-state index in [1.54, 1.807) is 0 Å². The third-order valence-corrected chi connectivity index (χ3v) is 3.11. The zero-order chi connectivity index (χ0) is 15.4. The van der Waals surface area contributed by atoms with E-state index in [9.17, 15) is 13.6 Å². The van der Waals surface area contributed by atoms with Crippen LogP contribution in [-0.4, -0.2) is 22.2 Å². The maximum Gasteiger partial charge on any atom is 0.254 e. The van der Waals surface area contributed by atoms with Crippen LogP contribution in [-0.2, 0) is 6.54 Å². The molecule has 0 unspecified atom stereocenters. The molecule has 1 amide bonds. The number of hydrogen-bond donors (Lipinski definition) is 1. The van der Waals surface area contributed by atoms with Gasteiger partial charge in [0.15, 0.2) is 0 Å². The first-order chi connectivity index (χ1) is 9.97. The smallest absolute Gasteiger partial charge is 0.254 e. The van der Waals surface area contributed by atoms with Gasteiger partial charge in [0, 0.05) is 18.8 Å². The number of rotatable bonds is 5. The van der Waals surface area contributed by atoms with E-state index < -0.39 is 17.5 Å². The van der Waals surface area contributed by atoms with Crippen LogP contribution in [0.2, 0.25) is 0 Å². The summed E-state index contributed by atoms with van der Waals surface area (Å²) in [7, 11) is 0. The van der Waals surface area contributed by atoms with Gasteiger partial charge in [-0.3, -0.25) is 9.48 Å². The number of nitrogens with one attached hydrogen (secondary N) is 1. The monoisotopic (exact) mass is 293 g/mol. The first-order valence-electron chi connectivity index (χ1n) is 6.71. The van der Waals surface area contributed by atoms with E-state index in [4.69, 9.17) is 0 Å². The molecular weight excluding hydrogens is 276 g/mol. The molecule has 0 saturated carbocycles. The fourth-order valence-corrected chi connectivity index (χ4v) is 2.10. The molecule has 0 spiro atoms. The molecule has 2 aromatic rings. The average molecular weight is 293 g/mol. The minimum atomic E-state index is -0.729. The molecule has 1 N–H and O–H groups in total. The van der Waals surface area contributed by atoms with Crippen LogP contribution < -0.4 is 5.32 Å². The Morgan fingerprint density at radius 2 is 2.05 bits per heavy atom. The second-order valence-electron chi connectivity index (χ2n) is 4.88. The van der Waals surface area contributed by atoms with Crippen LogP contribution in [0.1, 0.15) is 28.2 Å². The molecule has 0 saturated heterocycles. The summed E-state index contributed by atoms with van der Waals surface area (Å²) >= 11 is 0. The first-order valence-corrected chi connectivity index (χ1v) is 6.71. The molecule has 0 aliphatic carbocycles. The van der Waals surface area contributed by atoms with E-state index in [2.05, 4.69) is 10.4 Å². The number of halogens is 2. The standard InChI is InChI=1S/C15H17F2N3O/c1-10-8-11(2)20(19-10)7-3-6-18-15(21)13-9-12(16)4-5-14(13)17/h4-5,8-9H,3,6-7H2,1-2H3,(H,18,21). The summed E-state index contributed by atoms with van der Waals surface area (Å²) in [5.74, 6) is -1.97. The highest BCUT2D eigenvalue weighted by Crippen LogP contribution is 2.09. The fourth-order valence-electron chi connectivity index (χ4n) is 2.10. The van der Waals surface area contributed by atoms with E-state index in [1.807, 2.05) is 24.6 Å². The molecule has 4 nitrogen and oxygen atoms in total. The van der Waals surface area contributed by atoms with Crippen LogP contribution in [0.15, 0.2) is 24.3 Å². The van der Waals surface area contributed by atoms with Crippen molar-refractivity contribution in [3.8, 4) is 0 Å². The molecule has 0 aliphatic rings. The zero-order valence-corrected chi connectivity index (χ0v) is 12.0. The van der Waals surface area contributed by atoms with Crippen molar-refractivity contribution in [1.29, 1.82) is 0 Å². The zero-order valence-electron chi connectivity index (χ0n) is 12.0. The molecule has 1 aromatic carbocycles. The van der Waals surface area contributed by atoms with Crippen molar-refractivity contribution in [3.63, 3.8) is 0 Å². The lowest BCUT2D eigenvalue weighted by Crippen LogP contribution is -2.26. The third kappa shape index (κ3) is 3.87. The molecule has 0 fully saturated rings. The van der Waals surface area contributed by atoms with E-state index >= 15 is 0 Å². The van der Waals surface area contributed by atoms with Crippen molar-refractivity contribution in [2.24, 2.45) is 0 Å². The van der Waals surface area contributed by atoms with Gasteiger partial charge in [-0.15, -0.1) is 0 Å². The second-order valence-corrected chi connectivity index (χ2v) is 4.88. The van der Waals surface area contributed by atoms with Crippen LogP contribution in [0.25, 0.3) is 0 Å². The minimum Gasteiger partial charge on any atom is -0.352 e. The van der Waals surface area contributed by atoms with E-state index in [1.165, 1.54) is 0 Å². The summed E-state index contributed by atoms with van der Waals surface area (Å²) < 4.78 is 28.3. The Morgan fingerprint density at radius 1 is 1.29 bits per heavy atom. The summed E-state index contributed by atoms with van der Waals surface area (Å²) in [6.45, 7) is 4.90. The van der Waals surface area contributed by atoms with Gasteiger partial charge in [0.05, 0.1) is 11.3 Å². The Bertz CT molecular complexity index is 652. The Labute approximate surface area is 121 Å². The Morgan fingerprint density at radius 3 is 2.71 bits per heavy atom. The van der Waals surface area contributed by atoms with E-state index in [0.717, 1.165) is 29.6 Å². The van der Waals surface area contributed by atoms with Gasteiger partial charge in [0.25, 0.3) is 5.91 Å². The van der Waals surface area contributed by atoms with Gasteiger partial charge in [-0.1, -0.05) is 0 Å². The van der Waals surface area contributed by atoms with Crippen molar-refractivity contribution >= 4 is 5.91 Å². The second kappa shape index (κ2) is 6.47. The van der Waals surface area contributed by atoms with Crippen LogP contribution in [0.4, 0.5) is 8.78 Å². The Balaban J connectivity index is 1.84. The van der Waals surface area contributed by atoms with Crippen molar-refractivity contribution in [2.45, 2.75) is 26.8 Å². The molecule has 0 aliphatic heterocycles. The maximum atomic E-state index is 13.4. The number of benzene rings is 1. The van der Waals surface area contributed by atoms with Gasteiger partial charge in [0.1, 0.15) is 11.6 Å². The molecule has 0 bridgehead atoms. The Kier molecular flexibility index (Phi) is 4.67. The molecule has 6 heteroatoms. The van der Waals surface area contributed by atoms with Crippen molar-refractivity contribution in [1.82, 2.24) is 15.1 Å². The normalized spacial score (nSPS) is 10.7. The van der Waals surface area contributed by atoms with Gasteiger partial charge in [0.2, 0.25) is 0 Å². The van der Waals surface area contributed by atoms with Crippen LogP contribution >= 0.6 is 0 Å². The number of nitrogens with zero attached hydrogens (tertiary/aromatic N) is 2. The number of carbonyl (C=O) groups excluding carboxylic acids is 1. The van der Waals surface area contributed by atoms with E-state index in [0.29, 0.717) is 19.5 Å². The van der Waals surface area contributed by atoms with Crippen molar-refractivity contribution in [2.75, 3.05) is 6.54 Å². The third-order valence-electron chi connectivity index (χ3n) is 3.11. The molecule has 1 heterocycles. The molecule has 112 valence electrons. The maximum absolute atomic E-state index is 13.4. The lowest BCUT2D eigenvalue weighted by Gasteiger charge is -2.07. The highest BCUT2D eigenvalue weighted by molar-refractivity contribution is 5.94. The van der Waals surface area contributed by atoms with Gasteiger partial charge in [-0.25, -0.2) is 8.78 Å². The summed E-state index contributed by atoms with van der Waals surface area (Å²) in [6, 6.07) is 4.79. The van der Waals surface area contributed by atoms with Crippen LogP contribution in [0.3, 0.4) is 0 Å².